The molecule has 92 valence electrons. The molecule has 0 aromatic carbocycles. The van der Waals surface area contributed by atoms with Crippen molar-refractivity contribution < 1.29 is 4.74 Å². The van der Waals surface area contributed by atoms with Crippen molar-refractivity contribution in [1.82, 2.24) is 9.61 Å². The zero-order valence-corrected chi connectivity index (χ0v) is 10.2. The van der Waals surface area contributed by atoms with Gasteiger partial charge in [-0.3, -0.25) is 0 Å². The summed E-state index contributed by atoms with van der Waals surface area (Å²) in [6.07, 6.45) is 1.91. The van der Waals surface area contributed by atoms with Crippen molar-refractivity contribution >= 4 is 29.4 Å². The zero-order valence-electron chi connectivity index (χ0n) is 9.37. The number of ether oxygens (including phenoxy) is 1. The Morgan fingerprint density at radius 1 is 1.24 bits per heavy atom. The number of nitrogen functional groups attached to an aromatic ring is 1. The minimum Gasteiger partial charge on any atom is -0.394 e. The predicted molar refractivity (Wildman–Crippen MR) is 69.9 cm³/mol. The summed E-state index contributed by atoms with van der Waals surface area (Å²) in [5.74, 6) is 0.870. The third-order valence-corrected chi connectivity index (χ3v) is 2.87. The summed E-state index contributed by atoms with van der Waals surface area (Å²) in [6, 6.07) is 5.89. The van der Waals surface area contributed by atoms with E-state index in [0.717, 1.165) is 43.3 Å². The molecule has 2 aromatic heterocycles. The SMILES string of the molecule is Cl.Nc1c(N2CCOCC2)nn2ccccc12. The molecule has 5 nitrogen and oxygen atoms in total. The van der Waals surface area contributed by atoms with Crippen molar-refractivity contribution in [2.75, 3.05) is 36.9 Å². The van der Waals surface area contributed by atoms with E-state index in [0.29, 0.717) is 0 Å². The van der Waals surface area contributed by atoms with Crippen molar-refractivity contribution in [1.29, 1.82) is 0 Å². The number of nitrogens with two attached hydrogens (primary N) is 1. The number of pyridine rings is 1. The summed E-state index contributed by atoms with van der Waals surface area (Å²) in [5, 5.41) is 4.50. The van der Waals surface area contributed by atoms with Gasteiger partial charge >= 0.3 is 0 Å². The van der Waals surface area contributed by atoms with Gasteiger partial charge in [-0.1, -0.05) is 6.07 Å². The predicted octanol–water partition coefficient (Wildman–Crippen LogP) is 1.17. The Morgan fingerprint density at radius 2 is 2.00 bits per heavy atom. The molecular formula is C11H15ClN4O. The van der Waals surface area contributed by atoms with Crippen molar-refractivity contribution in [3.8, 4) is 0 Å². The molecule has 2 aromatic rings. The van der Waals surface area contributed by atoms with Gasteiger partial charge in [-0.05, 0) is 12.1 Å². The van der Waals surface area contributed by atoms with Crippen molar-refractivity contribution in [2.24, 2.45) is 0 Å². The van der Waals surface area contributed by atoms with Gasteiger partial charge in [0.2, 0.25) is 0 Å². The summed E-state index contributed by atoms with van der Waals surface area (Å²) in [6.45, 7) is 3.20. The van der Waals surface area contributed by atoms with E-state index >= 15 is 0 Å². The standard InChI is InChI=1S/C11H14N4O.ClH/c12-10-9-3-1-2-4-15(9)13-11(10)14-5-7-16-8-6-14;/h1-4H,5-8,12H2;1H. The maximum Gasteiger partial charge on any atom is 0.175 e. The number of nitrogens with zero attached hydrogens (tertiary/aromatic N) is 3. The Balaban J connectivity index is 0.00000108. The van der Waals surface area contributed by atoms with E-state index < -0.39 is 0 Å². The molecule has 2 N–H and O–H groups in total. The highest BCUT2D eigenvalue weighted by Crippen LogP contribution is 2.26. The second-order valence-corrected chi connectivity index (χ2v) is 3.87. The average Bonchev–Trinajstić information content (AvgIpc) is 2.69. The maximum absolute atomic E-state index is 6.10. The minimum atomic E-state index is 0. The highest BCUT2D eigenvalue weighted by Gasteiger charge is 2.18. The fourth-order valence-electron chi connectivity index (χ4n) is 2.01. The average molecular weight is 255 g/mol. The normalized spacial score (nSPS) is 15.9. The second-order valence-electron chi connectivity index (χ2n) is 3.87. The van der Waals surface area contributed by atoms with Gasteiger partial charge in [0.05, 0.1) is 18.7 Å². The number of hydrogen-bond donors (Lipinski definition) is 1. The third-order valence-electron chi connectivity index (χ3n) is 2.87. The van der Waals surface area contributed by atoms with Crippen LogP contribution in [0.15, 0.2) is 24.4 Å². The molecule has 3 rings (SSSR count). The van der Waals surface area contributed by atoms with Crippen LogP contribution in [0.4, 0.5) is 11.5 Å². The van der Waals surface area contributed by atoms with Crippen LogP contribution in [0.5, 0.6) is 0 Å². The van der Waals surface area contributed by atoms with Crippen molar-refractivity contribution in [3.63, 3.8) is 0 Å². The van der Waals surface area contributed by atoms with Gasteiger partial charge in [-0.15, -0.1) is 17.5 Å². The lowest BCUT2D eigenvalue weighted by molar-refractivity contribution is 0.122. The van der Waals surface area contributed by atoms with E-state index in [2.05, 4.69) is 10.00 Å². The Morgan fingerprint density at radius 3 is 2.71 bits per heavy atom. The highest BCUT2D eigenvalue weighted by molar-refractivity contribution is 5.85. The van der Waals surface area contributed by atoms with E-state index in [1.165, 1.54) is 0 Å². The summed E-state index contributed by atoms with van der Waals surface area (Å²) in [7, 11) is 0. The molecule has 1 aliphatic rings. The molecular weight excluding hydrogens is 240 g/mol. The molecule has 17 heavy (non-hydrogen) atoms. The number of halogens is 1. The monoisotopic (exact) mass is 254 g/mol. The van der Waals surface area contributed by atoms with Crippen LogP contribution in [0, 0.1) is 0 Å². The molecule has 0 amide bonds. The molecule has 3 heterocycles. The summed E-state index contributed by atoms with van der Waals surface area (Å²) in [5.41, 5.74) is 7.82. The molecule has 0 saturated carbocycles. The van der Waals surface area contributed by atoms with Crippen LogP contribution >= 0.6 is 12.4 Å². The van der Waals surface area contributed by atoms with Gasteiger partial charge in [-0.25, -0.2) is 4.52 Å². The largest absolute Gasteiger partial charge is 0.394 e. The number of aromatic nitrogens is 2. The third kappa shape index (κ3) is 2.03. The summed E-state index contributed by atoms with van der Waals surface area (Å²) >= 11 is 0. The minimum absolute atomic E-state index is 0. The Kier molecular flexibility index (Phi) is 3.40. The molecule has 1 saturated heterocycles. The van der Waals surface area contributed by atoms with Gasteiger partial charge in [0.15, 0.2) is 5.82 Å². The topological polar surface area (TPSA) is 55.8 Å². The number of anilines is 2. The van der Waals surface area contributed by atoms with Crippen LogP contribution in [0.2, 0.25) is 0 Å². The molecule has 0 atom stereocenters. The molecule has 0 spiro atoms. The van der Waals surface area contributed by atoms with Gasteiger partial charge in [0, 0.05) is 19.3 Å². The first kappa shape index (κ1) is 12.0. The van der Waals surface area contributed by atoms with Crippen LogP contribution in [-0.4, -0.2) is 35.9 Å². The fraction of sp³-hybridized carbons (Fsp3) is 0.364. The fourth-order valence-corrected chi connectivity index (χ4v) is 2.01. The number of rotatable bonds is 1. The molecule has 1 aliphatic heterocycles. The summed E-state index contributed by atoms with van der Waals surface area (Å²) in [4.78, 5) is 2.17. The smallest absolute Gasteiger partial charge is 0.175 e. The van der Waals surface area contributed by atoms with Crippen LogP contribution in [0.25, 0.3) is 5.52 Å². The Bertz CT molecular complexity index is 507. The van der Waals surface area contributed by atoms with Gasteiger partial charge in [0.25, 0.3) is 0 Å². The lowest BCUT2D eigenvalue weighted by Crippen LogP contribution is -2.36. The molecule has 0 radical (unpaired) electrons. The summed E-state index contributed by atoms with van der Waals surface area (Å²) < 4.78 is 7.14. The first-order valence-electron chi connectivity index (χ1n) is 5.42. The van der Waals surface area contributed by atoms with Crippen molar-refractivity contribution in [2.45, 2.75) is 0 Å². The Hall–Kier alpha value is -1.46. The number of morpholine rings is 1. The lowest BCUT2D eigenvalue weighted by Gasteiger charge is -2.26. The van der Waals surface area contributed by atoms with Crippen LogP contribution in [0.1, 0.15) is 0 Å². The van der Waals surface area contributed by atoms with Gasteiger partial charge in [-0.2, -0.15) is 0 Å². The van der Waals surface area contributed by atoms with Crippen molar-refractivity contribution in [3.05, 3.63) is 24.4 Å². The zero-order chi connectivity index (χ0) is 11.0. The number of fused-ring (bicyclic) bond motifs is 1. The van der Waals surface area contributed by atoms with E-state index in [9.17, 15) is 0 Å². The van der Waals surface area contributed by atoms with Gasteiger partial charge < -0.3 is 15.4 Å². The molecule has 0 bridgehead atoms. The molecule has 0 unspecified atom stereocenters. The highest BCUT2D eigenvalue weighted by atomic mass is 35.5. The molecule has 6 heteroatoms. The van der Waals surface area contributed by atoms with E-state index in [4.69, 9.17) is 10.5 Å². The maximum atomic E-state index is 6.10. The lowest BCUT2D eigenvalue weighted by atomic mass is 10.3. The number of hydrogen-bond acceptors (Lipinski definition) is 4. The first-order chi connectivity index (χ1) is 7.86. The van der Waals surface area contributed by atoms with Gasteiger partial charge in [0.1, 0.15) is 5.69 Å². The van der Waals surface area contributed by atoms with Crippen LogP contribution in [-0.2, 0) is 4.74 Å². The van der Waals surface area contributed by atoms with E-state index in [1.807, 2.05) is 28.9 Å². The quantitative estimate of drug-likeness (QED) is 0.830. The molecule has 1 fully saturated rings. The molecule has 0 aliphatic carbocycles. The van der Waals surface area contributed by atoms with Crippen LogP contribution < -0.4 is 10.6 Å². The van der Waals surface area contributed by atoms with E-state index in [1.54, 1.807) is 0 Å². The first-order valence-corrected chi connectivity index (χ1v) is 5.42. The van der Waals surface area contributed by atoms with Crippen LogP contribution in [0.3, 0.4) is 0 Å². The second kappa shape index (κ2) is 4.81. The van der Waals surface area contributed by atoms with E-state index in [-0.39, 0.29) is 12.4 Å². The Labute approximate surface area is 106 Å².